The van der Waals surface area contributed by atoms with Gasteiger partial charge in [0.15, 0.2) is 0 Å². The Labute approximate surface area is 185 Å². The summed E-state index contributed by atoms with van der Waals surface area (Å²) >= 11 is 5.91. The summed E-state index contributed by atoms with van der Waals surface area (Å²) in [6, 6.07) is 7.82. The first-order chi connectivity index (χ1) is 15.2. The van der Waals surface area contributed by atoms with E-state index in [1.165, 1.54) is 5.56 Å². The van der Waals surface area contributed by atoms with E-state index in [9.17, 15) is 4.79 Å². The number of anilines is 1. The number of rotatable bonds is 8. The summed E-state index contributed by atoms with van der Waals surface area (Å²) in [7, 11) is 0. The molecular weight excluding hydrogens is 414 g/mol. The second-order valence-electron chi connectivity index (χ2n) is 8.27. The molecule has 9 heteroatoms. The minimum Gasteiger partial charge on any atom is -0.354 e. The number of hydrogen-bond acceptors (Lipinski definition) is 6. The number of fused-ring (bicyclic) bond motifs is 1. The van der Waals surface area contributed by atoms with Crippen LogP contribution in [0.4, 0.5) is 5.95 Å². The summed E-state index contributed by atoms with van der Waals surface area (Å²) in [6.07, 6.45) is 7.40. The minimum atomic E-state index is 0.205. The van der Waals surface area contributed by atoms with E-state index in [1.54, 1.807) is 18.6 Å². The number of carbonyl (C=O) groups is 1. The lowest BCUT2D eigenvalue weighted by molar-refractivity contribution is -0.130. The average molecular weight is 438 g/mol. The maximum atomic E-state index is 12.6. The highest BCUT2D eigenvalue weighted by atomic mass is 35.5. The zero-order valence-corrected chi connectivity index (χ0v) is 17.8. The van der Waals surface area contributed by atoms with Gasteiger partial charge in [0, 0.05) is 49.4 Å². The van der Waals surface area contributed by atoms with Gasteiger partial charge in [-0.2, -0.15) is 15.4 Å². The Morgan fingerprint density at radius 1 is 1.06 bits per heavy atom. The van der Waals surface area contributed by atoms with Gasteiger partial charge in [0.25, 0.3) is 0 Å². The highest BCUT2D eigenvalue weighted by Gasteiger charge is 2.58. The number of nitrogens with zero attached hydrogens (tertiary/aromatic N) is 5. The number of aryl methyl sites for hydroxylation is 1. The number of halogens is 1. The van der Waals surface area contributed by atoms with Crippen molar-refractivity contribution in [3.05, 3.63) is 64.7 Å². The highest BCUT2D eigenvalue weighted by Crippen LogP contribution is 2.57. The molecule has 2 aromatic heterocycles. The van der Waals surface area contributed by atoms with E-state index in [2.05, 4.69) is 30.7 Å². The Kier molecular flexibility index (Phi) is 5.55. The van der Waals surface area contributed by atoms with Crippen molar-refractivity contribution in [1.29, 1.82) is 0 Å². The summed E-state index contributed by atoms with van der Waals surface area (Å²) < 4.78 is 0. The van der Waals surface area contributed by atoms with E-state index in [0.29, 0.717) is 36.5 Å². The largest absolute Gasteiger partial charge is 0.354 e. The molecule has 2 unspecified atom stereocenters. The standard InChI is InChI=1S/C22H24ClN7O/c23-16-4-1-14(2-5-16)7-8-24-22-25-9-15(10-26-22)3-6-20(31)30-12-17-18(13-30)21(17)19-11-27-29-28-19/h1-2,4-5,9-11,17-18,21H,3,6-8,12-13H2,(H,24,25,26)(H,27,28,29). The number of piperidine rings is 1. The maximum Gasteiger partial charge on any atom is 0.222 e. The molecule has 5 rings (SSSR count). The molecule has 160 valence electrons. The van der Waals surface area contributed by atoms with Gasteiger partial charge in [0.1, 0.15) is 0 Å². The lowest BCUT2D eigenvalue weighted by Crippen LogP contribution is -2.31. The van der Waals surface area contributed by atoms with E-state index in [1.807, 2.05) is 29.2 Å². The predicted molar refractivity (Wildman–Crippen MR) is 117 cm³/mol. The van der Waals surface area contributed by atoms with Crippen molar-refractivity contribution in [3.8, 4) is 0 Å². The van der Waals surface area contributed by atoms with Gasteiger partial charge >= 0.3 is 0 Å². The number of likely N-dealkylation sites (tertiary alicyclic amines) is 1. The Morgan fingerprint density at radius 3 is 2.48 bits per heavy atom. The number of hydrogen-bond donors (Lipinski definition) is 2. The third-order valence-electron chi connectivity index (χ3n) is 6.26. The molecule has 3 aromatic rings. The smallest absolute Gasteiger partial charge is 0.222 e. The van der Waals surface area contributed by atoms with Gasteiger partial charge in [0.05, 0.1) is 11.9 Å². The molecule has 1 amide bonds. The van der Waals surface area contributed by atoms with Crippen LogP contribution in [0.25, 0.3) is 0 Å². The first kappa shape index (κ1) is 19.9. The molecule has 1 saturated heterocycles. The van der Waals surface area contributed by atoms with E-state index < -0.39 is 0 Å². The molecule has 2 fully saturated rings. The van der Waals surface area contributed by atoms with Crippen molar-refractivity contribution in [2.45, 2.75) is 25.2 Å². The van der Waals surface area contributed by atoms with E-state index >= 15 is 0 Å². The topological polar surface area (TPSA) is 99.7 Å². The van der Waals surface area contributed by atoms with Crippen LogP contribution < -0.4 is 5.32 Å². The fourth-order valence-electron chi connectivity index (χ4n) is 4.49. The third-order valence-corrected chi connectivity index (χ3v) is 6.52. The summed E-state index contributed by atoms with van der Waals surface area (Å²) in [4.78, 5) is 23.3. The van der Waals surface area contributed by atoms with Crippen LogP contribution in [-0.2, 0) is 17.6 Å². The zero-order chi connectivity index (χ0) is 21.2. The summed E-state index contributed by atoms with van der Waals surface area (Å²) in [5.74, 6) is 2.35. The molecule has 8 nitrogen and oxygen atoms in total. The van der Waals surface area contributed by atoms with Crippen LogP contribution in [0.15, 0.2) is 42.9 Å². The van der Waals surface area contributed by atoms with Crippen molar-refractivity contribution in [2.24, 2.45) is 11.8 Å². The molecule has 1 aliphatic heterocycles. The van der Waals surface area contributed by atoms with Gasteiger partial charge in [-0.15, -0.1) is 0 Å². The lowest BCUT2D eigenvalue weighted by atomic mass is 10.1. The average Bonchev–Trinajstić information content (AvgIpc) is 3.18. The fourth-order valence-corrected chi connectivity index (χ4v) is 4.62. The number of aromatic amines is 1. The lowest BCUT2D eigenvalue weighted by Gasteiger charge is -2.19. The highest BCUT2D eigenvalue weighted by molar-refractivity contribution is 6.30. The SMILES string of the molecule is O=C(CCc1cnc(NCCc2ccc(Cl)cc2)nc1)N1CC2C(C1)C2c1cn[nH]n1. The Hall–Kier alpha value is -3.00. The number of nitrogens with one attached hydrogen (secondary N) is 2. The van der Waals surface area contributed by atoms with Gasteiger partial charge in [-0.1, -0.05) is 23.7 Å². The van der Waals surface area contributed by atoms with Crippen molar-refractivity contribution >= 4 is 23.5 Å². The summed E-state index contributed by atoms with van der Waals surface area (Å²) in [5, 5.41) is 14.7. The first-order valence-corrected chi connectivity index (χ1v) is 11.0. The van der Waals surface area contributed by atoms with E-state index in [-0.39, 0.29) is 5.91 Å². The zero-order valence-electron chi connectivity index (χ0n) is 17.0. The van der Waals surface area contributed by atoms with Crippen LogP contribution >= 0.6 is 11.6 Å². The van der Waals surface area contributed by atoms with Crippen LogP contribution in [0.2, 0.25) is 5.02 Å². The minimum absolute atomic E-state index is 0.205. The molecule has 0 bridgehead atoms. The monoisotopic (exact) mass is 437 g/mol. The number of benzene rings is 1. The van der Waals surface area contributed by atoms with E-state index in [4.69, 9.17) is 11.6 Å². The maximum absolute atomic E-state index is 12.6. The molecule has 1 aliphatic carbocycles. The number of aromatic nitrogens is 5. The fraction of sp³-hybridized carbons (Fsp3) is 0.409. The molecule has 31 heavy (non-hydrogen) atoms. The molecule has 1 saturated carbocycles. The quantitative estimate of drug-likeness (QED) is 0.562. The summed E-state index contributed by atoms with van der Waals surface area (Å²) in [6.45, 7) is 2.40. The van der Waals surface area contributed by atoms with Crippen LogP contribution in [-0.4, -0.2) is 55.8 Å². The van der Waals surface area contributed by atoms with Crippen molar-refractivity contribution < 1.29 is 4.79 Å². The van der Waals surface area contributed by atoms with Gasteiger partial charge in [-0.3, -0.25) is 4.79 Å². The predicted octanol–water partition coefficient (Wildman–Crippen LogP) is 2.71. The van der Waals surface area contributed by atoms with Gasteiger partial charge in [-0.05, 0) is 47.9 Å². The van der Waals surface area contributed by atoms with Crippen molar-refractivity contribution in [1.82, 2.24) is 30.3 Å². The number of H-pyrrole nitrogens is 1. The van der Waals surface area contributed by atoms with Gasteiger partial charge in [-0.25, -0.2) is 9.97 Å². The van der Waals surface area contributed by atoms with Crippen LogP contribution in [0, 0.1) is 11.8 Å². The Bertz CT molecular complexity index is 1010. The number of carbonyl (C=O) groups excluding carboxylic acids is 1. The van der Waals surface area contributed by atoms with E-state index in [0.717, 1.165) is 42.3 Å². The molecule has 0 radical (unpaired) electrons. The third kappa shape index (κ3) is 4.54. The molecular formula is C22H24ClN7O. The number of amides is 1. The first-order valence-electron chi connectivity index (χ1n) is 10.6. The Morgan fingerprint density at radius 2 is 1.81 bits per heavy atom. The molecule has 1 aromatic carbocycles. The molecule has 2 N–H and O–H groups in total. The van der Waals surface area contributed by atoms with Crippen LogP contribution in [0.3, 0.4) is 0 Å². The van der Waals surface area contributed by atoms with Crippen molar-refractivity contribution in [2.75, 3.05) is 25.0 Å². The molecule has 0 spiro atoms. The van der Waals surface area contributed by atoms with Gasteiger partial charge < -0.3 is 10.2 Å². The molecule has 2 atom stereocenters. The van der Waals surface area contributed by atoms with Crippen molar-refractivity contribution in [3.63, 3.8) is 0 Å². The Balaban J connectivity index is 1.03. The summed E-state index contributed by atoms with van der Waals surface area (Å²) in [5.41, 5.74) is 3.21. The molecule has 3 heterocycles. The second kappa shape index (κ2) is 8.63. The van der Waals surface area contributed by atoms with Gasteiger partial charge in [0.2, 0.25) is 11.9 Å². The van der Waals surface area contributed by atoms with Crippen LogP contribution in [0.5, 0.6) is 0 Å². The van der Waals surface area contributed by atoms with Crippen LogP contribution in [0.1, 0.15) is 29.2 Å². The second-order valence-corrected chi connectivity index (χ2v) is 8.70. The normalized spacial score (nSPS) is 21.7. The molecule has 2 aliphatic rings.